The zero-order valence-electron chi connectivity index (χ0n) is 8.11. The molecular formula is C5H8I4O4S4. The summed E-state index contributed by atoms with van der Waals surface area (Å²) in [5, 5.41) is 0. The molecule has 0 saturated carbocycles. The normalized spacial score (nSPS) is 12.0. The van der Waals surface area contributed by atoms with Crippen LogP contribution in [0.3, 0.4) is 0 Å². The molecule has 0 fully saturated rings. The summed E-state index contributed by atoms with van der Waals surface area (Å²) >= 11 is 8.37. The van der Waals surface area contributed by atoms with Gasteiger partial charge < -0.3 is 16.7 Å². The Morgan fingerprint density at radius 2 is 0.824 bits per heavy atom. The molecule has 0 aliphatic carbocycles. The van der Waals surface area contributed by atoms with E-state index in [0.29, 0.717) is 26.4 Å². The second-order valence-electron chi connectivity index (χ2n) is 2.80. The minimum absolute atomic E-state index is 0.285. The lowest BCUT2D eigenvalue weighted by Crippen LogP contribution is -2.39. The van der Waals surface area contributed by atoms with Gasteiger partial charge in [-0.1, -0.05) is 0 Å². The van der Waals surface area contributed by atoms with Crippen LogP contribution in [0.2, 0.25) is 0 Å². The van der Waals surface area contributed by atoms with Crippen molar-refractivity contribution in [3.05, 3.63) is 0 Å². The fraction of sp³-hybridized carbons (Fsp3) is 1.00. The lowest BCUT2D eigenvalue weighted by molar-refractivity contribution is 0.0219. The largest absolute Gasteiger partial charge is 0.305 e. The Kier molecular flexibility index (Phi) is 18.8. The molecule has 0 spiro atoms. The van der Waals surface area contributed by atoms with Gasteiger partial charge in [0.25, 0.3) is 0 Å². The first kappa shape index (κ1) is 21.2. The summed E-state index contributed by atoms with van der Waals surface area (Å²) in [4.78, 5) is 0. The highest BCUT2D eigenvalue weighted by Gasteiger charge is 2.33. The van der Waals surface area contributed by atoms with Gasteiger partial charge in [0, 0.05) is 84.8 Å². The smallest absolute Gasteiger partial charge is 0.0747 e. The van der Waals surface area contributed by atoms with Crippen molar-refractivity contribution < 1.29 is 16.7 Å². The summed E-state index contributed by atoms with van der Waals surface area (Å²) in [5.74, 6) is 0. The molecule has 0 radical (unpaired) electrons. The fourth-order valence-electron chi connectivity index (χ4n) is 0.839. The van der Waals surface area contributed by atoms with Crippen molar-refractivity contribution in [2.24, 2.45) is 5.41 Å². The van der Waals surface area contributed by atoms with Crippen LogP contribution in [0.25, 0.3) is 0 Å². The van der Waals surface area contributed by atoms with Crippen molar-refractivity contribution in [1.82, 2.24) is 0 Å². The molecule has 0 saturated heterocycles. The molecular weight excluding hydrogens is 760 g/mol. The molecule has 17 heavy (non-hydrogen) atoms. The van der Waals surface area contributed by atoms with Gasteiger partial charge in [0.15, 0.2) is 0 Å². The van der Waals surface area contributed by atoms with E-state index in [1.807, 2.05) is 0 Å². The molecule has 12 heteroatoms. The molecule has 0 aromatic rings. The molecule has 0 aromatic carbocycles. The lowest BCUT2D eigenvalue weighted by atomic mass is 9.93. The van der Waals surface area contributed by atoms with Crippen LogP contribution in [0.1, 0.15) is 0 Å². The van der Waals surface area contributed by atoms with Crippen LogP contribution >= 0.6 is 122 Å². The maximum atomic E-state index is 5.42. The van der Waals surface area contributed by atoms with E-state index < -0.39 is 0 Å². The highest BCUT2D eigenvalue weighted by Crippen LogP contribution is 2.31. The molecule has 0 N–H and O–H groups in total. The Bertz CT molecular complexity index is 144. The minimum Gasteiger partial charge on any atom is -0.305 e. The van der Waals surface area contributed by atoms with Crippen molar-refractivity contribution in [2.75, 3.05) is 26.4 Å². The Balaban J connectivity index is 4.39. The van der Waals surface area contributed by atoms with Gasteiger partial charge in [0.2, 0.25) is 0 Å². The van der Waals surface area contributed by atoms with E-state index in [4.69, 9.17) is 16.7 Å². The highest BCUT2D eigenvalue weighted by atomic mass is 127. The van der Waals surface area contributed by atoms with Crippen LogP contribution in [0, 0.1) is 5.41 Å². The molecule has 0 amide bonds. The average molecular weight is 768 g/mol. The zero-order chi connectivity index (χ0) is 13.0. The van der Waals surface area contributed by atoms with Gasteiger partial charge in [0.05, 0.1) is 68.7 Å². The maximum Gasteiger partial charge on any atom is 0.0747 e. The van der Waals surface area contributed by atoms with Crippen LogP contribution in [0.5, 0.6) is 0 Å². The van der Waals surface area contributed by atoms with E-state index in [1.165, 1.54) is 36.9 Å². The summed E-state index contributed by atoms with van der Waals surface area (Å²) in [7, 11) is 5.22. The molecule has 0 aliphatic heterocycles. The van der Waals surface area contributed by atoms with Crippen LogP contribution in [-0.2, 0) is 16.7 Å². The number of hydrogen-bond acceptors (Lipinski definition) is 8. The topological polar surface area (TPSA) is 36.9 Å². The standard InChI is InChI=1S/C5H8I4O4S4/c6-14-10-1-5(2-11-15-7,3-12-16-8)4-13-17-9/h1-4H2. The fourth-order valence-corrected chi connectivity index (χ4v) is 3.54. The van der Waals surface area contributed by atoms with E-state index in [-0.39, 0.29) is 5.41 Å². The molecule has 0 heterocycles. The van der Waals surface area contributed by atoms with Crippen LogP contribution < -0.4 is 0 Å². The Morgan fingerprint density at radius 1 is 0.588 bits per heavy atom. The summed E-state index contributed by atoms with van der Waals surface area (Å²) in [6.07, 6.45) is 0. The predicted octanol–water partition coefficient (Wildman–Crippen LogP) is 6.03. The summed E-state index contributed by atoms with van der Waals surface area (Å²) in [5.41, 5.74) is -0.285. The van der Waals surface area contributed by atoms with E-state index in [0.717, 1.165) is 0 Å². The van der Waals surface area contributed by atoms with Crippen molar-refractivity contribution >= 4 is 122 Å². The second-order valence-corrected chi connectivity index (χ2v) is 8.56. The molecule has 4 nitrogen and oxygen atoms in total. The van der Waals surface area contributed by atoms with Crippen molar-refractivity contribution in [3.63, 3.8) is 0 Å². The van der Waals surface area contributed by atoms with Gasteiger partial charge >= 0.3 is 0 Å². The van der Waals surface area contributed by atoms with Gasteiger partial charge in [-0.3, -0.25) is 0 Å². The number of rotatable bonds is 12. The van der Waals surface area contributed by atoms with Gasteiger partial charge in [0.1, 0.15) is 0 Å². The lowest BCUT2D eigenvalue weighted by Gasteiger charge is -2.29. The molecule has 0 aliphatic rings. The van der Waals surface area contributed by atoms with Gasteiger partial charge in [-0.05, 0) is 0 Å². The van der Waals surface area contributed by atoms with Crippen molar-refractivity contribution in [2.45, 2.75) is 0 Å². The van der Waals surface area contributed by atoms with Crippen LogP contribution in [-0.4, -0.2) is 26.4 Å². The quantitative estimate of drug-likeness (QED) is 0.176. The van der Waals surface area contributed by atoms with E-state index in [2.05, 4.69) is 84.8 Å². The first-order valence-corrected chi connectivity index (χ1v) is 17.0. The second kappa shape index (κ2) is 15.1. The average Bonchev–Trinajstić information content (AvgIpc) is 2.37. The Morgan fingerprint density at radius 3 is 1.00 bits per heavy atom. The molecule has 104 valence electrons. The van der Waals surface area contributed by atoms with Crippen molar-refractivity contribution in [3.8, 4) is 0 Å². The van der Waals surface area contributed by atoms with E-state index in [1.54, 1.807) is 0 Å². The first-order valence-electron chi connectivity index (χ1n) is 3.85. The maximum absolute atomic E-state index is 5.42. The Labute approximate surface area is 167 Å². The third-order valence-electron chi connectivity index (χ3n) is 1.64. The molecule has 0 bridgehead atoms. The van der Waals surface area contributed by atoms with Crippen LogP contribution in [0.4, 0.5) is 0 Å². The SMILES string of the molecule is ISOCC(COSI)(COSI)COSI. The Hall–Kier alpha value is 4.16. The third-order valence-corrected chi connectivity index (χ3v) is 5.52. The molecule has 0 aromatic heterocycles. The summed E-state index contributed by atoms with van der Waals surface area (Å²) < 4.78 is 21.7. The van der Waals surface area contributed by atoms with Crippen molar-refractivity contribution in [1.29, 1.82) is 0 Å². The van der Waals surface area contributed by atoms with Gasteiger partial charge in [-0.2, -0.15) is 0 Å². The predicted molar refractivity (Wildman–Crippen MR) is 113 cm³/mol. The zero-order valence-corrected chi connectivity index (χ0v) is 20.0. The molecule has 0 unspecified atom stereocenters. The van der Waals surface area contributed by atoms with Gasteiger partial charge in [-0.25, -0.2) is 0 Å². The third kappa shape index (κ3) is 11.4. The first-order chi connectivity index (χ1) is 8.24. The number of halogens is 4. The summed E-state index contributed by atoms with van der Waals surface area (Å²) in [6.45, 7) is 2.08. The minimum atomic E-state index is -0.285. The number of hydrogen-bond donors (Lipinski definition) is 0. The monoisotopic (exact) mass is 768 g/mol. The molecule has 0 atom stereocenters. The summed E-state index contributed by atoms with van der Waals surface area (Å²) in [6, 6.07) is 0. The molecule has 0 rings (SSSR count). The van der Waals surface area contributed by atoms with Crippen LogP contribution in [0.15, 0.2) is 0 Å². The van der Waals surface area contributed by atoms with E-state index >= 15 is 0 Å². The van der Waals surface area contributed by atoms with Gasteiger partial charge in [-0.15, -0.1) is 0 Å². The highest BCUT2D eigenvalue weighted by molar-refractivity contribution is 14.2. The van der Waals surface area contributed by atoms with E-state index in [9.17, 15) is 0 Å².